The van der Waals surface area contributed by atoms with Crippen molar-refractivity contribution < 1.29 is 9.59 Å². The molecule has 0 spiro atoms. The van der Waals surface area contributed by atoms with Crippen molar-refractivity contribution in [2.24, 2.45) is 5.92 Å². The Kier molecular flexibility index (Phi) is 4.77. The van der Waals surface area contributed by atoms with Crippen LogP contribution < -0.4 is 10.6 Å². The van der Waals surface area contributed by atoms with Crippen LogP contribution in [0.1, 0.15) is 36.8 Å². The molecule has 2 rings (SSSR count). The lowest BCUT2D eigenvalue weighted by Crippen LogP contribution is -2.36. The van der Waals surface area contributed by atoms with Gasteiger partial charge >= 0.3 is 0 Å². The van der Waals surface area contributed by atoms with E-state index >= 15 is 0 Å². The SMILES string of the molecule is Cc1cccc(C)c1NC(=O)CNC(=O)C1CCCC1. The number of carbonyl (C=O) groups excluding carboxylic acids is 2. The second-order valence-corrected chi connectivity index (χ2v) is 5.51. The Morgan fingerprint density at radius 2 is 1.75 bits per heavy atom. The first kappa shape index (κ1) is 14.6. The van der Waals surface area contributed by atoms with Crippen molar-refractivity contribution in [3.63, 3.8) is 0 Å². The molecular formula is C16H22N2O2. The number of hydrogen-bond acceptors (Lipinski definition) is 2. The lowest BCUT2D eigenvalue weighted by atomic mass is 10.1. The number of benzene rings is 1. The van der Waals surface area contributed by atoms with Crippen molar-refractivity contribution >= 4 is 17.5 Å². The maximum absolute atomic E-state index is 11.9. The molecule has 4 nitrogen and oxygen atoms in total. The normalized spacial score (nSPS) is 15.1. The average molecular weight is 274 g/mol. The van der Waals surface area contributed by atoms with Gasteiger partial charge in [0.2, 0.25) is 11.8 Å². The van der Waals surface area contributed by atoms with E-state index in [4.69, 9.17) is 0 Å². The highest BCUT2D eigenvalue weighted by Gasteiger charge is 2.22. The van der Waals surface area contributed by atoms with Gasteiger partial charge in [-0.2, -0.15) is 0 Å². The fourth-order valence-corrected chi connectivity index (χ4v) is 2.69. The standard InChI is InChI=1S/C16H22N2O2/c1-11-6-5-7-12(2)15(11)18-14(19)10-17-16(20)13-8-3-4-9-13/h5-7,13H,3-4,8-10H2,1-2H3,(H,17,20)(H,18,19). The summed E-state index contributed by atoms with van der Waals surface area (Å²) in [6, 6.07) is 5.88. The van der Waals surface area contributed by atoms with Crippen LogP contribution in [0.3, 0.4) is 0 Å². The Labute approximate surface area is 119 Å². The molecule has 0 aliphatic heterocycles. The molecule has 20 heavy (non-hydrogen) atoms. The number of nitrogens with one attached hydrogen (secondary N) is 2. The topological polar surface area (TPSA) is 58.2 Å². The Morgan fingerprint density at radius 3 is 2.35 bits per heavy atom. The fraction of sp³-hybridized carbons (Fsp3) is 0.500. The predicted octanol–water partition coefficient (Wildman–Crippen LogP) is 2.55. The largest absolute Gasteiger partial charge is 0.347 e. The number of amides is 2. The van der Waals surface area contributed by atoms with Crippen LogP contribution in [-0.2, 0) is 9.59 Å². The van der Waals surface area contributed by atoms with Gasteiger partial charge in [0.1, 0.15) is 0 Å². The number of anilines is 1. The minimum Gasteiger partial charge on any atom is -0.347 e. The summed E-state index contributed by atoms with van der Waals surface area (Å²) in [5, 5.41) is 5.60. The summed E-state index contributed by atoms with van der Waals surface area (Å²) in [6.45, 7) is 3.96. The lowest BCUT2D eigenvalue weighted by molar-refractivity contribution is -0.127. The number of aryl methyl sites for hydroxylation is 2. The van der Waals surface area contributed by atoms with E-state index in [9.17, 15) is 9.59 Å². The van der Waals surface area contributed by atoms with Gasteiger partial charge in [0.15, 0.2) is 0 Å². The van der Waals surface area contributed by atoms with Crippen molar-refractivity contribution in [2.45, 2.75) is 39.5 Å². The molecule has 0 radical (unpaired) electrons. The van der Waals surface area contributed by atoms with Gasteiger partial charge in [-0.3, -0.25) is 9.59 Å². The van der Waals surface area contributed by atoms with Crippen LogP contribution in [0.15, 0.2) is 18.2 Å². The maximum atomic E-state index is 11.9. The van der Waals surface area contributed by atoms with Gasteiger partial charge in [0.05, 0.1) is 6.54 Å². The molecular weight excluding hydrogens is 252 g/mol. The molecule has 4 heteroatoms. The molecule has 0 saturated heterocycles. The molecule has 0 unspecified atom stereocenters. The Balaban J connectivity index is 1.85. The first-order valence-corrected chi connectivity index (χ1v) is 7.21. The van der Waals surface area contributed by atoms with Crippen LogP contribution in [-0.4, -0.2) is 18.4 Å². The number of para-hydroxylation sites is 1. The molecule has 0 atom stereocenters. The minimum atomic E-state index is -0.172. The third-order valence-electron chi connectivity index (χ3n) is 3.89. The summed E-state index contributed by atoms with van der Waals surface area (Å²) >= 11 is 0. The van der Waals surface area contributed by atoms with Gasteiger partial charge in [-0.25, -0.2) is 0 Å². The van der Waals surface area contributed by atoms with Gasteiger partial charge in [-0.15, -0.1) is 0 Å². The third kappa shape index (κ3) is 3.59. The van der Waals surface area contributed by atoms with Gasteiger partial charge in [0, 0.05) is 11.6 Å². The van der Waals surface area contributed by atoms with Crippen LogP contribution in [0.4, 0.5) is 5.69 Å². The summed E-state index contributed by atoms with van der Waals surface area (Å²) in [6.07, 6.45) is 4.13. The summed E-state index contributed by atoms with van der Waals surface area (Å²) < 4.78 is 0. The van der Waals surface area contributed by atoms with E-state index in [1.165, 1.54) is 0 Å². The molecule has 1 saturated carbocycles. The van der Waals surface area contributed by atoms with Gasteiger partial charge in [0.25, 0.3) is 0 Å². The van der Waals surface area contributed by atoms with Crippen LogP contribution >= 0.6 is 0 Å². The Hall–Kier alpha value is -1.84. The van der Waals surface area contributed by atoms with Crippen LogP contribution in [0.2, 0.25) is 0 Å². The van der Waals surface area contributed by atoms with Crippen molar-refractivity contribution in [1.29, 1.82) is 0 Å². The van der Waals surface area contributed by atoms with E-state index in [0.29, 0.717) is 0 Å². The number of rotatable bonds is 4. The second-order valence-electron chi connectivity index (χ2n) is 5.51. The van der Waals surface area contributed by atoms with Crippen LogP contribution in [0.5, 0.6) is 0 Å². The Morgan fingerprint density at radius 1 is 1.15 bits per heavy atom. The van der Waals surface area contributed by atoms with E-state index in [1.54, 1.807) is 0 Å². The Bertz CT molecular complexity index is 485. The highest BCUT2D eigenvalue weighted by molar-refractivity contribution is 5.96. The van der Waals surface area contributed by atoms with Crippen molar-refractivity contribution in [2.75, 3.05) is 11.9 Å². The van der Waals surface area contributed by atoms with Crippen LogP contribution in [0.25, 0.3) is 0 Å². The number of hydrogen-bond donors (Lipinski definition) is 2. The lowest BCUT2D eigenvalue weighted by Gasteiger charge is -2.13. The number of carbonyl (C=O) groups is 2. The molecule has 1 aromatic carbocycles. The molecule has 2 N–H and O–H groups in total. The summed E-state index contributed by atoms with van der Waals surface area (Å²) in [7, 11) is 0. The van der Waals surface area contributed by atoms with E-state index in [0.717, 1.165) is 42.5 Å². The molecule has 0 aromatic heterocycles. The summed E-state index contributed by atoms with van der Waals surface area (Å²) in [5.74, 6) is -0.0594. The first-order valence-electron chi connectivity index (χ1n) is 7.21. The second kappa shape index (κ2) is 6.55. The van der Waals surface area contributed by atoms with Gasteiger partial charge in [-0.05, 0) is 37.8 Å². The molecule has 1 aliphatic carbocycles. The van der Waals surface area contributed by atoms with Gasteiger partial charge in [-0.1, -0.05) is 31.0 Å². The van der Waals surface area contributed by atoms with Crippen molar-refractivity contribution in [3.8, 4) is 0 Å². The molecule has 108 valence electrons. The molecule has 1 aromatic rings. The first-order chi connectivity index (χ1) is 9.58. The van der Waals surface area contributed by atoms with E-state index in [2.05, 4.69) is 10.6 Å². The van der Waals surface area contributed by atoms with Crippen LogP contribution in [0, 0.1) is 19.8 Å². The molecule has 0 heterocycles. The van der Waals surface area contributed by atoms with E-state index in [-0.39, 0.29) is 24.3 Å². The maximum Gasteiger partial charge on any atom is 0.243 e. The molecule has 1 aliphatic rings. The smallest absolute Gasteiger partial charge is 0.243 e. The highest BCUT2D eigenvalue weighted by atomic mass is 16.2. The van der Waals surface area contributed by atoms with Gasteiger partial charge < -0.3 is 10.6 Å². The average Bonchev–Trinajstić information content (AvgIpc) is 2.94. The molecule has 0 bridgehead atoms. The third-order valence-corrected chi connectivity index (χ3v) is 3.89. The zero-order valence-electron chi connectivity index (χ0n) is 12.2. The molecule has 1 fully saturated rings. The highest BCUT2D eigenvalue weighted by Crippen LogP contribution is 2.24. The zero-order valence-corrected chi connectivity index (χ0v) is 12.2. The van der Waals surface area contributed by atoms with E-state index in [1.807, 2.05) is 32.0 Å². The predicted molar refractivity (Wildman–Crippen MR) is 79.5 cm³/mol. The molecule has 2 amide bonds. The summed E-state index contributed by atoms with van der Waals surface area (Å²) in [5.41, 5.74) is 2.90. The van der Waals surface area contributed by atoms with Crippen molar-refractivity contribution in [1.82, 2.24) is 5.32 Å². The fourth-order valence-electron chi connectivity index (χ4n) is 2.69. The quantitative estimate of drug-likeness (QED) is 0.886. The zero-order chi connectivity index (χ0) is 14.5. The monoisotopic (exact) mass is 274 g/mol. The van der Waals surface area contributed by atoms with E-state index < -0.39 is 0 Å². The summed E-state index contributed by atoms with van der Waals surface area (Å²) in [4.78, 5) is 23.8. The van der Waals surface area contributed by atoms with Crippen molar-refractivity contribution in [3.05, 3.63) is 29.3 Å². The minimum absolute atomic E-state index is 0.0131.